The second-order valence-corrected chi connectivity index (χ2v) is 9.34. The Morgan fingerprint density at radius 2 is 1.61 bits per heavy atom. The van der Waals surface area contributed by atoms with E-state index in [9.17, 15) is 13.2 Å². The van der Waals surface area contributed by atoms with Crippen molar-refractivity contribution < 1.29 is 27.1 Å². The number of halogens is 3. The van der Waals surface area contributed by atoms with Gasteiger partial charge in [0.15, 0.2) is 0 Å². The topological polar surface area (TPSA) is 51.0 Å². The predicted molar refractivity (Wildman–Crippen MR) is 130 cm³/mol. The Kier molecular flexibility index (Phi) is 7.20. The van der Waals surface area contributed by atoms with E-state index in [1.54, 1.807) is 12.1 Å². The molecule has 0 radical (unpaired) electrons. The van der Waals surface area contributed by atoms with E-state index < -0.39 is 6.36 Å². The molecule has 2 fully saturated rings. The van der Waals surface area contributed by atoms with Gasteiger partial charge in [0, 0.05) is 30.9 Å². The summed E-state index contributed by atoms with van der Waals surface area (Å²) in [5, 5.41) is 0. The summed E-state index contributed by atoms with van der Waals surface area (Å²) in [7, 11) is 0. The highest BCUT2D eigenvalue weighted by atomic mass is 19.4. The van der Waals surface area contributed by atoms with Crippen molar-refractivity contribution in [3.63, 3.8) is 0 Å². The standard InChI is InChI=1S/C27H30F3N3O3/c1-19-25(31-26(35-19)22-2-6-23(7-3-22)33-14-16-34-17-15-33)18-32-12-10-21(11-13-32)20-4-8-24(9-5-20)36-27(28,29)30/h2-9,21H,10-18H2,1H3. The van der Waals surface area contributed by atoms with Crippen LogP contribution in [0.2, 0.25) is 0 Å². The summed E-state index contributed by atoms with van der Waals surface area (Å²) in [6.45, 7) is 7.75. The maximum absolute atomic E-state index is 12.4. The lowest BCUT2D eigenvalue weighted by Gasteiger charge is -2.31. The minimum Gasteiger partial charge on any atom is -0.441 e. The molecule has 3 aromatic rings. The third-order valence-corrected chi connectivity index (χ3v) is 6.93. The lowest BCUT2D eigenvalue weighted by Crippen LogP contribution is -2.36. The molecule has 9 heteroatoms. The highest BCUT2D eigenvalue weighted by Crippen LogP contribution is 2.32. The number of benzene rings is 2. The van der Waals surface area contributed by atoms with Crippen molar-refractivity contribution >= 4 is 5.69 Å². The maximum atomic E-state index is 12.4. The molecule has 5 rings (SSSR count). The van der Waals surface area contributed by atoms with Crippen molar-refractivity contribution in [2.24, 2.45) is 0 Å². The molecular weight excluding hydrogens is 471 g/mol. The van der Waals surface area contributed by atoms with Crippen LogP contribution in [0.1, 0.15) is 35.8 Å². The Hall–Kier alpha value is -3.04. The van der Waals surface area contributed by atoms with Gasteiger partial charge in [0.2, 0.25) is 5.89 Å². The smallest absolute Gasteiger partial charge is 0.441 e. The van der Waals surface area contributed by atoms with Gasteiger partial charge in [-0.05, 0) is 80.7 Å². The number of rotatable bonds is 6. The van der Waals surface area contributed by atoms with Gasteiger partial charge in [0.25, 0.3) is 0 Å². The fraction of sp³-hybridized carbons (Fsp3) is 0.444. The summed E-state index contributed by atoms with van der Waals surface area (Å²) in [5.74, 6) is 1.59. The van der Waals surface area contributed by atoms with Gasteiger partial charge in [0.1, 0.15) is 11.5 Å². The number of ether oxygens (including phenoxy) is 2. The zero-order valence-corrected chi connectivity index (χ0v) is 20.3. The van der Waals surface area contributed by atoms with Crippen LogP contribution in [0, 0.1) is 6.92 Å². The van der Waals surface area contributed by atoms with E-state index in [1.165, 1.54) is 17.8 Å². The molecule has 0 N–H and O–H groups in total. The van der Waals surface area contributed by atoms with Crippen LogP contribution >= 0.6 is 0 Å². The molecule has 0 amide bonds. The molecule has 2 aromatic carbocycles. The molecule has 6 nitrogen and oxygen atoms in total. The normalized spacial score (nSPS) is 17.9. The molecule has 36 heavy (non-hydrogen) atoms. The van der Waals surface area contributed by atoms with Crippen LogP contribution in [0.4, 0.5) is 18.9 Å². The molecule has 1 aromatic heterocycles. The maximum Gasteiger partial charge on any atom is 0.573 e. The van der Waals surface area contributed by atoms with Gasteiger partial charge >= 0.3 is 6.36 Å². The summed E-state index contributed by atoms with van der Waals surface area (Å²) >= 11 is 0. The minimum absolute atomic E-state index is 0.184. The number of hydrogen-bond donors (Lipinski definition) is 0. The molecule has 2 saturated heterocycles. The first-order valence-electron chi connectivity index (χ1n) is 12.3. The molecule has 0 bridgehead atoms. The zero-order chi connectivity index (χ0) is 25.1. The molecule has 0 saturated carbocycles. The first kappa shape index (κ1) is 24.6. The van der Waals surface area contributed by atoms with E-state index in [0.29, 0.717) is 18.4 Å². The van der Waals surface area contributed by atoms with Crippen LogP contribution in [-0.4, -0.2) is 55.6 Å². The van der Waals surface area contributed by atoms with Gasteiger partial charge in [-0.3, -0.25) is 4.90 Å². The molecule has 192 valence electrons. The van der Waals surface area contributed by atoms with Crippen LogP contribution in [0.3, 0.4) is 0 Å². The largest absolute Gasteiger partial charge is 0.573 e. The van der Waals surface area contributed by atoms with Gasteiger partial charge in [0.05, 0.1) is 18.9 Å². The fourth-order valence-electron chi connectivity index (χ4n) is 4.91. The average molecular weight is 502 g/mol. The third-order valence-electron chi connectivity index (χ3n) is 6.93. The lowest BCUT2D eigenvalue weighted by molar-refractivity contribution is -0.274. The second-order valence-electron chi connectivity index (χ2n) is 9.34. The molecule has 0 atom stereocenters. The predicted octanol–water partition coefficient (Wildman–Crippen LogP) is 5.76. The van der Waals surface area contributed by atoms with Crippen LogP contribution in [-0.2, 0) is 11.3 Å². The number of oxazole rings is 1. The van der Waals surface area contributed by atoms with Gasteiger partial charge in [-0.25, -0.2) is 4.98 Å². The van der Waals surface area contributed by atoms with Crippen molar-refractivity contribution in [2.75, 3.05) is 44.3 Å². The number of aromatic nitrogens is 1. The van der Waals surface area contributed by atoms with Crippen LogP contribution in [0.5, 0.6) is 5.75 Å². The zero-order valence-electron chi connectivity index (χ0n) is 20.3. The number of morpholine rings is 1. The second kappa shape index (κ2) is 10.5. The van der Waals surface area contributed by atoms with Gasteiger partial charge in [-0.15, -0.1) is 13.2 Å². The summed E-state index contributed by atoms with van der Waals surface area (Å²) in [6.07, 6.45) is -2.79. The monoisotopic (exact) mass is 501 g/mol. The number of nitrogens with zero attached hydrogens (tertiary/aromatic N) is 3. The Bertz CT molecular complexity index is 1130. The average Bonchev–Trinajstić information content (AvgIpc) is 3.25. The number of alkyl halides is 3. The molecule has 3 heterocycles. The molecular formula is C27H30F3N3O3. The summed E-state index contributed by atoms with van der Waals surface area (Å²) < 4.78 is 52.6. The van der Waals surface area contributed by atoms with E-state index in [2.05, 4.69) is 38.8 Å². The minimum atomic E-state index is -4.67. The van der Waals surface area contributed by atoms with Crippen molar-refractivity contribution in [1.82, 2.24) is 9.88 Å². The SMILES string of the molecule is Cc1oc(-c2ccc(N3CCOCC3)cc2)nc1CN1CCC(c2ccc(OC(F)(F)F)cc2)CC1. The number of hydrogen-bond acceptors (Lipinski definition) is 6. The van der Waals surface area contributed by atoms with Crippen LogP contribution < -0.4 is 9.64 Å². The van der Waals surface area contributed by atoms with Crippen molar-refractivity contribution in [1.29, 1.82) is 0 Å². The van der Waals surface area contributed by atoms with E-state index >= 15 is 0 Å². The molecule has 0 spiro atoms. The lowest BCUT2D eigenvalue weighted by atomic mass is 9.89. The summed E-state index contributed by atoms with van der Waals surface area (Å²) in [5.41, 5.74) is 4.12. The Labute approximate surface area is 208 Å². The molecule has 2 aliphatic rings. The Balaban J connectivity index is 1.16. The quantitative estimate of drug-likeness (QED) is 0.428. The fourth-order valence-corrected chi connectivity index (χ4v) is 4.91. The first-order chi connectivity index (χ1) is 17.3. The van der Waals surface area contributed by atoms with Crippen LogP contribution in [0.15, 0.2) is 52.9 Å². The van der Waals surface area contributed by atoms with Gasteiger partial charge in [-0.2, -0.15) is 0 Å². The number of piperidine rings is 1. The Morgan fingerprint density at radius 3 is 2.25 bits per heavy atom. The molecule has 0 unspecified atom stereocenters. The van der Waals surface area contributed by atoms with Gasteiger partial charge in [-0.1, -0.05) is 12.1 Å². The summed E-state index contributed by atoms with van der Waals surface area (Å²) in [4.78, 5) is 9.45. The number of likely N-dealkylation sites (tertiary alicyclic amines) is 1. The molecule has 0 aliphatic carbocycles. The number of aryl methyl sites for hydroxylation is 1. The van der Waals surface area contributed by atoms with Gasteiger partial charge < -0.3 is 18.8 Å². The highest BCUT2D eigenvalue weighted by Gasteiger charge is 2.31. The van der Waals surface area contributed by atoms with E-state index in [4.69, 9.17) is 14.1 Å². The van der Waals surface area contributed by atoms with E-state index in [1.807, 2.05) is 6.92 Å². The van der Waals surface area contributed by atoms with E-state index in [-0.39, 0.29) is 5.75 Å². The van der Waals surface area contributed by atoms with Crippen LogP contribution in [0.25, 0.3) is 11.5 Å². The van der Waals surface area contributed by atoms with Crippen molar-refractivity contribution in [3.8, 4) is 17.2 Å². The third kappa shape index (κ3) is 6.02. The van der Waals surface area contributed by atoms with Crippen molar-refractivity contribution in [2.45, 2.75) is 38.6 Å². The van der Waals surface area contributed by atoms with E-state index in [0.717, 1.165) is 74.8 Å². The number of anilines is 1. The highest BCUT2D eigenvalue weighted by molar-refractivity contribution is 5.60. The first-order valence-corrected chi connectivity index (χ1v) is 12.3. The molecule has 2 aliphatic heterocycles. The summed E-state index contributed by atoms with van der Waals surface area (Å²) in [6, 6.07) is 14.6. The Morgan fingerprint density at radius 1 is 0.944 bits per heavy atom. The van der Waals surface area contributed by atoms with Crippen molar-refractivity contribution in [3.05, 3.63) is 65.5 Å².